The van der Waals surface area contributed by atoms with Crippen molar-refractivity contribution < 1.29 is 10.2 Å². The summed E-state index contributed by atoms with van der Waals surface area (Å²) in [6.45, 7) is 1.26. The van der Waals surface area contributed by atoms with Gasteiger partial charge in [0.05, 0.1) is 0 Å². The van der Waals surface area contributed by atoms with Crippen LogP contribution in [-0.4, -0.2) is 33.7 Å². The summed E-state index contributed by atoms with van der Waals surface area (Å²) >= 11 is 0. The van der Waals surface area contributed by atoms with Crippen molar-refractivity contribution in [1.29, 1.82) is 0 Å². The Bertz CT molecular complexity index is 530. The van der Waals surface area contributed by atoms with Crippen molar-refractivity contribution in [3.8, 4) is 11.5 Å². The molecule has 4 heteroatoms. The Balaban J connectivity index is 0.00000132. The summed E-state index contributed by atoms with van der Waals surface area (Å²) in [6, 6.07) is 5.19. The minimum atomic E-state index is 0. The molecule has 116 valence electrons. The van der Waals surface area contributed by atoms with Gasteiger partial charge in [-0.2, -0.15) is 0 Å². The van der Waals surface area contributed by atoms with E-state index < -0.39 is 0 Å². The molecule has 1 saturated carbocycles. The lowest BCUT2D eigenvalue weighted by Gasteiger charge is -2.50. The molecule has 3 nitrogen and oxygen atoms in total. The molecule has 0 bridgehead atoms. The molecule has 1 aliphatic heterocycles. The molecule has 1 heterocycles. The maximum absolute atomic E-state index is 10.1. The smallest absolute Gasteiger partial charge is 0.160 e. The van der Waals surface area contributed by atoms with E-state index in [0.29, 0.717) is 12.0 Å². The van der Waals surface area contributed by atoms with E-state index in [-0.39, 0.29) is 28.5 Å². The molecule has 0 radical (unpaired) electrons. The molecule has 2 aliphatic carbocycles. The highest BCUT2D eigenvalue weighted by Crippen LogP contribution is 2.47. The third kappa shape index (κ3) is 2.36. The van der Waals surface area contributed by atoms with Crippen LogP contribution in [0.25, 0.3) is 0 Å². The molecule has 4 rings (SSSR count). The second-order valence-electron chi connectivity index (χ2n) is 6.68. The van der Waals surface area contributed by atoms with E-state index in [0.717, 1.165) is 24.4 Å². The highest BCUT2D eigenvalue weighted by atomic mass is 79.9. The maximum Gasteiger partial charge on any atom is 0.160 e. The van der Waals surface area contributed by atoms with Gasteiger partial charge in [-0.05, 0) is 62.6 Å². The Morgan fingerprint density at radius 3 is 2.52 bits per heavy atom. The molecule has 0 unspecified atom stereocenters. The summed E-state index contributed by atoms with van der Waals surface area (Å²) < 4.78 is 0. The van der Waals surface area contributed by atoms with Gasteiger partial charge in [-0.25, -0.2) is 0 Å². The van der Waals surface area contributed by atoms with Gasteiger partial charge < -0.3 is 10.2 Å². The highest BCUT2D eigenvalue weighted by Gasteiger charge is 2.41. The summed E-state index contributed by atoms with van der Waals surface area (Å²) in [5, 5.41) is 19.8. The van der Waals surface area contributed by atoms with E-state index in [1.165, 1.54) is 44.2 Å². The lowest BCUT2D eigenvalue weighted by molar-refractivity contribution is 0.0308. The summed E-state index contributed by atoms with van der Waals surface area (Å²) in [6.07, 6.45) is 8.66. The SMILES string of the molecule is Br.Oc1ccc2c(c1O)CC[C@H]1[C@H]2CCCN1C1CCC1. The van der Waals surface area contributed by atoms with Gasteiger partial charge in [-0.3, -0.25) is 4.90 Å². The van der Waals surface area contributed by atoms with Gasteiger partial charge in [0.2, 0.25) is 0 Å². The first kappa shape index (κ1) is 15.2. The van der Waals surface area contributed by atoms with E-state index in [9.17, 15) is 10.2 Å². The van der Waals surface area contributed by atoms with Crippen LogP contribution in [0, 0.1) is 0 Å². The van der Waals surface area contributed by atoms with Crippen molar-refractivity contribution in [2.75, 3.05) is 6.54 Å². The normalized spacial score (nSPS) is 29.0. The standard InChI is InChI=1S/C17H23NO2.BrH/c19-16-9-7-12-13-5-2-10-18(11-3-1-4-11)15(13)8-6-14(12)17(16)20;/h7,9,11,13,15,19-20H,1-6,8,10H2;1H/t13-,15-;/m0./s1. The lowest BCUT2D eigenvalue weighted by Crippen LogP contribution is -2.53. The number of hydrogen-bond donors (Lipinski definition) is 2. The maximum atomic E-state index is 10.1. The van der Waals surface area contributed by atoms with Crippen LogP contribution in [0.3, 0.4) is 0 Å². The number of hydrogen-bond acceptors (Lipinski definition) is 3. The van der Waals surface area contributed by atoms with Crippen molar-refractivity contribution in [3.05, 3.63) is 23.3 Å². The molecule has 3 aliphatic rings. The van der Waals surface area contributed by atoms with E-state index in [4.69, 9.17) is 0 Å². The van der Waals surface area contributed by atoms with Gasteiger partial charge in [-0.15, -0.1) is 17.0 Å². The first-order valence-electron chi connectivity index (χ1n) is 8.05. The van der Waals surface area contributed by atoms with Gasteiger partial charge in [0.25, 0.3) is 0 Å². The average Bonchev–Trinajstić information content (AvgIpc) is 2.41. The number of halogens is 1. The topological polar surface area (TPSA) is 43.7 Å². The molecular formula is C17H24BrNO2. The predicted octanol–water partition coefficient (Wildman–Crippen LogP) is 3.72. The average molecular weight is 354 g/mol. The molecule has 2 atom stereocenters. The fourth-order valence-electron chi connectivity index (χ4n) is 4.53. The van der Waals surface area contributed by atoms with Crippen LogP contribution in [0.1, 0.15) is 55.6 Å². The van der Waals surface area contributed by atoms with Crippen LogP contribution in [0.5, 0.6) is 11.5 Å². The molecule has 21 heavy (non-hydrogen) atoms. The number of likely N-dealkylation sites (tertiary alicyclic amines) is 1. The fraction of sp³-hybridized carbons (Fsp3) is 0.647. The highest BCUT2D eigenvalue weighted by molar-refractivity contribution is 8.93. The Morgan fingerprint density at radius 2 is 1.81 bits per heavy atom. The van der Waals surface area contributed by atoms with Crippen LogP contribution in [-0.2, 0) is 6.42 Å². The monoisotopic (exact) mass is 353 g/mol. The van der Waals surface area contributed by atoms with Crippen molar-refractivity contribution >= 4 is 17.0 Å². The zero-order valence-electron chi connectivity index (χ0n) is 12.3. The fourth-order valence-corrected chi connectivity index (χ4v) is 4.53. The summed E-state index contributed by atoms with van der Waals surface area (Å²) in [5.41, 5.74) is 2.29. The van der Waals surface area contributed by atoms with Gasteiger partial charge >= 0.3 is 0 Å². The minimum absolute atomic E-state index is 0. The second-order valence-corrected chi connectivity index (χ2v) is 6.68. The van der Waals surface area contributed by atoms with E-state index in [2.05, 4.69) is 4.90 Å². The van der Waals surface area contributed by atoms with Crippen LogP contribution in [0.15, 0.2) is 12.1 Å². The Kier molecular flexibility index (Phi) is 4.19. The molecule has 1 aromatic carbocycles. The first-order chi connectivity index (χ1) is 9.75. The summed E-state index contributed by atoms with van der Waals surface area (Å²) in [5.74, 6) is 0.718. The van der Waals surface area contributed by atoms with Crippen molar-refractivity contribution in [2.45, 2.75) is 62.9 Å². The third-order valence-corrected chi connectivity index (χ3v) is 5.75. The van der Waals surface area contributed by atoms with Gasteiger partial charge in [0, 0.05) is 17.6 Å². The number of phenolic OH excluding ortho intramolecular Hbond substituents is 2. The Hall–Kier alpha value is -0.740. The Morgan fingerprint density at radius 1 is 1.00 bits per heavy atom. The molecule has 2 N–H and O–H groups in total. The zero-order valence-corrected chi connectivity index (χ0v) is 14.0. The molecule has 2 fully saturated rings. The lowest BCUT2D eigenvalue weighted by atomic mass is 9.72. The number of piperidine rings is 1. The van der Waals surface area contributed by atoms with Gasteiger partial charge in [0.15, 0.2) is 11.5 Å². The van der Waals surface area contributed by atoms with Gasteiger partial charge in [-0.1, -0.05) is 12.5 Å². The zero-order chi connectivity index (χ0) is 13.7. The van der Waals surface area contributed by atoms with E-state index in [1.54, 1.807) is 6.07 Å². The van der Waals surface area contributed by atoms with Crippen molar-refractivity contribution in [1.82, 2.24) is 4.90 Å². The largest absolute Gasteiger partial charge is 0.504 e. The number of phenols is 2. The number of aromatic hydroxyl groups is 2. The quantitative estimate of drug-likeness (QED) is 0.756. The van der Waals surface area contributed by atoms with Crippen LogP contribution in [0.2, 0.25) is 0 Å². The molecule has 0 amide bonds. The summed E-state index contributed by atoms with van der Waals surface area (Å²) in [7, 11) is 0. The molecule has 1 saturated heterocycles. The molecular weight excluding hydrogens is 330 g/mol. The van der Waals surface area contributed by atoms with E-state index in [1.807, 2.05) is 6.07 Å². The predicted molar refractivity (Wildman–Crippen MR) is 88.5 cm³/mol. The van der Waals surface area contributed by atoms with Crippen LogP contribution in [0.4, 0.5) is 0 Å². The number of nitrogens with zero attached hydrogens (tertiary/aromatic N) is 1. The van der Waals surface area contributed by atoms with Gasteiger partial charge in [0.1, 0.15) is 0 Å². The number of rotatable bonds is 1. The first-order valence-corrected chi connectivity index (χ1v) is 8.05. The third-order valence-electron chi connectivity index (χ3n) is 5.75. The van der Waals surface area contributed by atoms with Crippen molar-refractivity contribution in [3.63, 3.8) is 0 Å². The molecule has 0 spiro atoms. The second kappa shape index (κ2) is 5.81. The van der Waals surface area contributed by atoms with E-state index >= 15 is 0 Å². The number of fused-ring (bicyclic) bond motifs is 3. The minimum Gasteiger partial charge on any atom is -0.504 e. The molecule has 1 aromatic rings. The van der Waals surface area contributed by atoms with Crippen molar-refractivity contribution in [2.24, 2.45) is 0 Å². The summed E-state index contributed by atoms with van der Waals surface area (Å²) in [4.78, 5) is 2.75. The molecule has 0 aromatic heterocycles. The number of benzene rings is 1. The van der Waals surface area contributed by atoms with Crippen LogP contribution >= 0.6 is 17.0 Å². The Labute approximate surface area is 136 Å². The van der Waals surface area contributed by atoms with Crippen LogP contribution < -0.4 is 0 Å².